The lowest BCUT2D eigenvalue weighted by Gasteiger charge is -2.20. The highest BCUT2D eigenvalue weighted by Gasteiger charge is 2.30. The van der Waals surface area contributed by atoms with Gasteiger partial charge in [-0.2, -0.15) is 18.3 Å². The van der Waals surface area contributed by atoms with E-state index < -0.39 is 28.8 Å². The molecule has 140 valence electrons. The molecule has 1 amide bonds. The second kappa shape index (κ2) is 7.69. The predicted octanol–water partition coefficient (Wildman–Crippen LogP) is 2.01. The Kier molecular flexibility index (Phi) is 5.81. The van der Waals surface area contributed by atoms with Gasteiger partial charge in [-0.3, -0.25) is 9.59 Å². The Morgan fingerprint density at radius 3 is 2.58 bits per heavy atom. The molecule has 0 bridgehead atoms. The van der Waals surface area contributed by atoms with Crippen LogP contribution in [0, 0.1) is 6.92 Å². The Hall–Kier alpha value is -2.68. The Labute approximate surface area is 147 Å². The van der Waals surface area contributed by atoms with Crippen LogP contribution in [0.25, 0.3) is 5.69 Å². The molecule has 26 heavy (non-hydrogen) atoms. The molecule has 0 aliphatic rings. The number of hydrogen-bond donors (Lipinski definition) is 1. The van der Waals surface area contributed by atoms with Crippen LogP contribution in [0.5, 0.6) is 0 Å². The van der Waals surface area contributed by atoms with Gasteiger partial charge in [-0.25, -0.2) is 4.68 Å². The van der Waals surface area contributed by atoms with Gasteiger partial charge in [0.25, 0.3) is 5.91 Å². The highest BCUT2D eigenvalue weighted by Crippen LogP contribution is 2.30. The zero-order valence-corrected chi connectivity index (χ0v) is 14.2. The number of aliphatic hydroxyl groups is 1. The Morgan fingerprint density at radius 2 is 2.00 bits per heavy atom. The van der Waals surface area contributed by atoms with E-state index in [1.165, 1.54) is 24.0 Å². The average molecular weight is 369 g/mol. The van der Waals surface area contributed by atoms with Crippen LogP contribution in [-0.2, 0) is 6.18 Å². The zero-order valence-electron chi connectivity index (χ0n) is 14.2. The van der Waals surface area contributed by atoms with Crippen LogP contribution < -0.4 is 5.43 Å². The summed E-state index contributed by atoms with van der Waals surface area (Å²) in [6.45, 7) is 3.17. The molecule has 0 fully saturated rings. The summed E-state index contributed by atoms with van der Waals surface area (Å²) in [6.07, 6.45) is -4.53. The minimum Gasteiger partial charge on any atom is -0.395 e. The van der Waals surface area contributed by atoms with Crippen LogP contribution in [0.4, 0.5) is 13.2 Å². The van der Waals surface area contributed by atoms with Gasteiger partial charge in [0.1, 0.15) is 0 Å². The molecule has 9 heteroatoms. The number of halogens is 3. The van der Waals surface area contributed by atoms with Crippen molar-refractivity contribution < 1.29 is 23.1 Å². The summed E-state index contributed by atoms with van der Waals surface area (Å²) in [6, 6.07) is 5.59. The molecule has 0 aliphatic heterocycles. The highest BCUT2D eigenvalue weighted by molar-refractivity contribution is 5.92. The number of benzene rings is 1. The van der Waals surface area contributed by atoms with Crippen LogP contribution >= 0.6 is 0 Å². The molecule has 1 aromatic carbocycles. The van der Waals surface area contributed by atoms with Gasteiger partial charge < -0.3 is 10.0 Å². The largest absolute Gasteiger partial charge is 0.416 e. The van der Waals surface area contributed by atoms with E-state index in [2.05, 4.69) is 5.10 Å². The van der Waals surface area contributed by atoms with E-state index in [-0.39, 0.29) is 31.1 Å². The quantitative estimate of drug-likeness (QED) is 0.875. The summed E-state index contributed by atoms with van der Waals surface area (Å²) in [7, 11) is 0. The molecule has 2 rings (SSSR count). The number of rotatable bonds is 5. The van der Waals surface area contributed by atoms with Crippen molar-refractivity contribution >= 4 is 5.91 Å². The molecule has 0 saturated heterocycles. The third-order valence-corrected chi connectivity index (χ3v) is 3.77. The van der Waals surface area contributed by atoms with Crippen molar-refractivity contribution in [2.75, 3.05) is 19.7 Å². The Balaban J connectivity index is 2.55. The number of nitrogens with zero attached hydrogens (tertiary/aromatic N) is 3. The van der Waals surface area contributed by atoms with Crippen LogP contribution in [0.3, 0.4) is 0 Å². The Bertz CT molecular complexity index is 862. The normalized spacial score (nSPS) is 11.5. The van der Waals surface area contributed by atoms with Crippen molar-refractivity contribution in [1.29, 1.82) is 0 Å². The maximum Gasteiger partial charge on any atom is 0.416 e. The van der Waals surface area contributed by atoms with Gasteiger partial charge in [-0.1, -0.05) is 6.07 Å². The van der Waals surface area contributed by atoms with E-state index in [1.807, 2.05) is 0 Å². The minimum atomic E-state index is -4.53. The maximum absolute atomic E-state index is 12.9. The van der Waals surface area contributed by atoms with E-state index >= 15 is 0 Å². The van der Waals surface area contributed by atoms with Crippen LogP contribution in [0.15, 0.2) is 35.1 Å². The molecule has 0 unspecified atom stereocenters. The lowest BCUT2D eigenvalue weighted by molar-refractivity contribution is -0.137. The van der Waals surface area contributed by atoms with Gasteiger partial charge in [0.15, 0.2) is 5.69 Å². The van der Waals surface area contributed by atoms with Crippen molar-refractivity contribution in [2.45, 2.75) is 20.0 Å². The topological polar surface area (TPSA) is 75.4 Å². The standard InChI is InChI=1S/C17H18F3N3O3/c1-3-22(7-8-24)16(26)15-14(25)9-11(2)23(21-15)13-6-4-5-12(10-13)17(18,19)20/h4-6,9-10,24H,3,7-8H2,1-2H3. The fourth-order valence-electron chi connectivity index (χ4n) is 2.44. The number of hydrogen-bond acceptors (Lipinski definition) is 4. The van der Waals surface area contributed by atoms with Crippen molar-refractivity contribution in [1.82, 2.24) is 14.7 Å². The summed E-state index contributed by atoms with van der Waals surface area (Å²) in [5.41, 5.74) is -1.54. The number of aryl methyl sites for hydroxylation is 1. The summed E-state index contributed by atoms with van der Waals surface area (Å²) in [5, 5.41) is 13.0. The van der Waals surface area contributed by atoms with Gasteiger partial charge in [0, 0.05) is 24.8 Å². The molecule has 1 aromatic heterocycles. The zero-order chi connectivity index (χ0) is 19.5. The lowest BCUT2D eigenvalue weighted by atomic mass is 10.2. The number of carbonyl (C=O) groups is 1. The van der Waals surface area contributed by atoms with Gasteiger partial charge >= 0.3 is 6.18 Å². The number of aliphatic hydroxyl groups excluding tert-OH is 1. The van der Waals surface area contributed by atoms with Gasteiger partial charge in [0.2, 0.25) is 5.43 Å². The molecule has 2 aromatic rings. The molecule has 0 radical (unpaired) electrons. The second-order valence-corrected chi connectivity index (χ2v) is 5.57. The van der Waals surface area contributed by atoms with Crippen LogP contribution in [-0.4, -0.2) is 45.4 Å². The Morgan fingerprint density at radius 1 is 1.31 bits per heavy atom. The SMILES string of the molecule is CCN(CCO)C(=O)c1nn(-c2cccc(C(F)(F)F)c2)c(C)cc1=O. The van der Waals surface area contributed by atoms with Gasteiger partial charge in [-0.15, -0.1) is 0 Å². The molecule has 0 atom stereocenters. The first-order valence-electron chi connectivity index (χ1n) is 7.87. The summed E-state index contributed by atoms with van der Waals surface area (Å²) >= 11 is 0. The van der Waals surface area contributed by atoms with E-state index in [9.17, 15) is 22.8 Å². The molecular formula is C17H18F3N3O3. The van der Waals surface area contributed by atoms with Gasteiger partial charge in [0.05, 0.1) is 17.9 Å². The number of carbonyl (C=O) groups excluding carboxylic acids is 1. The summed E-state index contributed by atoms with van der Waals surface area (Å²) in [4.78, 5) is 25.8. The number of amides is 1. The number of alkyl halides is 3. The molecule has 1 N–H and O–H groups in total. The second-order valence-electron chi connectivity index (χ2n) is 5.57. The summed E-state index contributed by atoms with van der Waals surface area (Å²) < 4.78 is 39.9. The smallest absolute Gasteiger partial charge is 0.395 e. The van der Waals surface area contributed by atoms with Crippen molar-refractivity contribution in [3.05, 3.63) is 57.5 Å². The van der Waals surface area contributed by atoms with E-state index in [0.717, 1.165) is 22.9 Å². The summed E-state index contributed by atoms with van der Waals surface area (Å²) in [5.74, 6) is -0.688. The average Bonchev–Trinajstić information content (AvgIpc) is 2.58. The lowest BCUT2D eigenvalue weighted by Crippen LogP contribution is -2.37. The van der Waals surface area contributed by atoms with Gasteiger partial charge in [-0.05, 0) is 32.0 Å². The molecular weight excluding hydrogens is 351 g/mol. The third-order valence-electron chi connectivity index (χ3n) is 3.77. The molecule has 0 spiro atoms. The first-order chi connectivity index (χ1) is 12.2. The molecule has 1 heterocycles. The number of aromatic nitrogens is 2. The molecule has 6 nitrogen and oxygen atoms in total. The maximum atomic E-state index is 12.9. The van der Waals surface area contributed by atoms with E-state index in [4.69, 9.17) is 5.11 Å². The monoisotopic (exact) mass is 369 g/mol. The first-order valence-corrected chi connectivity index (χ1v) is 7.87. The van der Waals surface area contributed by atoms with E-state index in [0.29, 0.717) is 0 Å². The minimum absolute atomic E-state index is 0.0217. The van der Waals surface area contributed by atoms with Crippen LogP contribution in [0.2, 0.25) is 0 Å². The van der Waals surface area contributed by atoms with Crippen molar-refractivity contribution in [2.24, 2.45) is 0 Å². The first kappa shape index (κ1) is 19.6. The third kappa shape index (κ3) is 4.10. The fourth-order valence-corrected chi connectivity index (χ4v) is 2.44. The van der Waals surface area contributed by atoms with Crippen molar-refractivity contribution in [3.8, 4) is 5.69 Å². The number of likely N-dealkylation sites (N-methyl/N-ethyl adjacent to an activating group) is 1. The molecule has 0 aliphatic carbocycles. The molecule has 0 saturated carbocycles. The van der Waals surface area contributed by atoms with E-state index in [1.54, 1.807) is 6.92 Å². The fraction of sp³-hybridized carbons (Fsp3) is 0.353. The predicted molar refractivity (Wildman–Crippen MR) is 88.2 cm³/mol. The highest BCUT2D eigenvalue weighted by atomic mass is 19.4. The van der Waals surface area contributed by atoms with Crippen molar-refractivity contribution in [3.63, 3.8) is 0 Å². The van der Waals surface area contributed by atoms with Crippen LogP contribution in [0.1, 0.15) is 28.7 Å².